The van der Waals surface area contributed by atoms with Crippen molar-refractivity contribution in [3.8, 4) is 34.4 Å². The van der Waals surface area contributed by atoms with Crippen molar-refractivity contribution in [1.82, 2.24) is 0 Å². The second kappa shape index (κ2) is 17.5. The van der Waals surface area contributed by atoms with Crippen molar-refractivity contribution in [3.63, 3.8) is 0 Å². The number of benzene rings is 13. The molecule has 0 aliphatic carbocycles. The number of nitrogens with zero attached hydrogens (tertiary/aromatic N) is 4. The molecule has 13 rings (SSSR count). The molecular formula is C68H42N4. The minimum Gasteiger partial charge on any atom is -0.310 e. The van der Waals surface area contributed by atoms with Crippen LogP contribution in [-0.2, 0) is 0 Å². The van der Waals surface area contributed by atoms with Crippen LogP contribution in [0.3, 0.4) is 0 Å². The van der Waals surface area contributed by atoms with E-state index in [0.29, 0.717) is 11.1 Å². The second-order valence-corrected chi connectivity index (χ2v) is 18.3. The highest BCUT2D eigenvalue weighted by molar-refractivity contribution is 6.33. The van der Waals surface area contributed by atoms with Gasteiger partial charge in [0.15, 0.2) is 0 Å². The average Bonchev–Trinajstić information content (AvgIpc) is 3.46. The molecule has 0 aliphatic rings. The van der Waals surface area contributed by atoms with Crippen LogP contribution in [0.2, 0.25) is 0 Å². The van der Waals surface area contributed by atoms with Crippen LogP contribution >= 0.6 is 0 Å². The van der Waals surface area contributed by atoms with Gasteiger partial charge in [-0.05, 0) is 173 Å². The monoisotopic (exact) mass is 914 g/mol. The minimum absolute atomic E-state index is 0.628. The van der Waals surface area contributed by atoms with Crippen LogP contribution < -0.4 is 9.80 Å². The third-order valence-electron chi connectivity index (χ3n) is 14.3. The fourth-order valence-corrected chi connectivity index (χ4v) is 10.9. The third kappa shape index (κ3) is 7.14. The van der Waals surface area contributed by atoms with Gasteiger partial charge in [-0.3, -0.25) is 0 Å². The Balaban J connectivity index is 0.917. The zero-order chi connectivity index (χ0) is 48.1. The first kappa shape index (κ1) is 42.1. The Morgan fingerprint density at radius 3 is 1.17 bits per heavy atom. The van der Waals surface area contributed by atoms with Gasteiger partial charge in [-0.15, -0.1) is 0 Å². The van der Waals surface area contributed by atoms with E-state index in [1.54, 1.807) is 0 Å². The van der Waals surface area contributed by atoms with E-state index in [1.807, 2.05) is 48.5 Å². The summed E-state index contributed by atoms with van der Waals surface area (Å²) in [6.07, 6.45) is 0. The summed E-state index contributed by atoms with van der Waals surface area (Å²) in [5.41, 5.74) is 12.0. The van der Waals surface area contributed by atoms with Crippen molar-refractivity contribution in [2.24, 2.45) is 0 Å². The molecule has 0 saturated carbocycles. The van der Waals surface area contributed by atoms with E-state index in [9.17, 15) is 10.5 Å². The fraction of sp³-hybridized carbons (Fsp3) is 0. The average molecular weight is 915 g/mol. The van der Waals surface area contributed by atoms with E-state index in [4.69, 9.17) is 0 Å². The van der Waals surface area contributed by atoms with E-state index in [2.05, 4.69) is 228 Å². The molecule has 13 aromatic carbocycles. The standard InChI is InChI=1S/C68H42N4/c69-43-45-23-32-52(33-24-45)71(66-21-9-13-48-11-1-3-15-56(48)66)54-36-27-47(28-37-54)51-31-40-62-64(41-51)58-17-5-6-18-59(58)65-42-63(60-19-7-8-20-61(60)68(62)65)50-29-38-55(39-30-50)72(53-34-25-46(44-70)26-35-53)67-22-10-14-49-12-2-4-16-57(49)67/h1-42H. The van der Waals surface area contributed by atoms with Crippen LogP contribution in [0, 0.1) is 22.7 Å². The molecule has 0 unspecified atom stereocenters. The number of rotatable bonds is 8. The quantitative estimate of drug-likeness (QED) is 0.143. The predicted molar refractivity (Wildman–Crippen MR) is 301 cm³/mol. The van der Waals surface area contributed by atoms with E-state index in [1.165, 1.54) is 59.4 Å². The normalized spacial score (nSPS) is 11.3. The third-order valence-corrected chi connectivity index (χ3v) is 14.3. The SMILES string of the molecule is N#Cc1ccc(N(c2ccc(-c3ccc4c(c3)c3ccccc3c3cc(-c5ccc(N(c6ccc(C#N)cc6)c6cccc7ccccc67)cc5)c5ccccc5c43)cc2)c2cccc3ccccc23)cc1. The van der Waals surface area contributed by atoms with Crippen LogP contribution in [0.25, 0.3) is 86.9 Å². The van der Waals surface area contributed by atoms with Crippen LogP contribution in [-0.4, -0.2) is 0 Å². The van der Waals surface area contributed by atoms with Gasteiger partial charge in [0.05, 0.1) is 34.6 Å². The summed E-state index contributed by atoms with van der Waals surface area (Å²) >= 11 is 0. The Morgan fingerprint density at radius 1 is 0.264 bits per heavy atom. The number of hydrogen-bond donors (Lipinski definition) is 0. The van der Waals surface area contributed by atoms with Crippen molar-refractivity contribution >= 4 is 98.8 Å². The molecular weight excluding hydrogens is 873 g/mol. The first-order valence-corrected chi connectivity index (χ1v) is 24.2. The summed E-state index contributed by atoms with van der Waals surface area (Å²) < 4.78 is 0. The molecule has 0 radical (unpaired) electrons. The van der Waals surface area contributed by atoms with Gasteiger partial charge < -0.3 is 9.80 Å². The lowest BCUT2D eigenvalue weighted by molar-refractivity contribution is 1.29. The summed E-state index contributed by atoms with van der Waals surface area (Å²) in [4.78, 5) is 4.56. The molecule has 72 heavy (non-hydrogen) atoms. The molecule has 13 aromatic rings. The number of fused-ring (bicyclic) bond motifs is 10. The van der Waals surface area contributed by atoms with Crippen molar-refractivity contribution < 1.29 is 0 Å². The van der Waals surface area contributed by atoms with Gasteiger partial charge in [0.2, 0.25) is 0 Å². The molecule has 0 atom stereocenters. The Kier molecular flexibility index (Phi) is 10.2. The highest BCUT2D eigenvalue weighted by atomic mass is 15.1. The lowest BCUT2D eigenvalue weighted by Gasteiger charge is -2.27. The maximum atomic E-state index is 9.63. The number of hydrogen-bond acceptors (Lipinski definition) is 4. The van der Waals surface area contributed by atoms with E-state index in [0.717, 1.165) is 61.6 Å². The molecule has 0 aliphatic heterocycles. The van der Waals surface area contributed by atoms with E-state index >= 15 is 0 Å². The highest BCUT2D eigenvalue weighted by Crippen LogP contribution is 2.46. The van der Waals surface area contributed by atoms with E-state index < -0.39 is 0 Å². The smallest absolute Gasteiger partial charge is 0.0991 e. The Hall–Kier alpha value is -10.0. The Bertz CT molecular complexity index is 4320. The van der Waals surface area contributed by atoms with E-state index in [-0.39, 0.29) is 0 Å². The molecule has 0 heterocycles. The highest BCUT2D eigenvalue weighted by Gasteiger charge is 2.20. The maximum Gasteiger partial charge on any atom is 0.0991 e. The van der Waals surface area contributed by atoms with Crippen LogP contribution in [0.1, 0.15) is 11.1 Å². The fourth-order valence-electron chi connectivity index (χ4n) is 10.9. The zero-order valence-corrected chi connectivity index (χ0v) is 39.0. The maximum absolute atomic E-state index is 9.63. The Morgan fingerprint density at radius 2 is 0.653 bits per heavy atom. The largest absolute Gasteiger partial charge is 0.310 e. The van der Waals surface area contributed by atoms with Crippen molar-refractivity contribution in [3.05, 3.63) is 266 Å². The first-order valence-electron chi connectivity index (χ1n) is 24.2. The molecule has 0 bridgehead atoms. The molecule has 0 N–H and O–H groups in total. The summed E-state index contributed by atoms with van der Waals surface area (Å²) in [7, 11) is 0. The number of nitriles is 2. The summed E-state index contributed by atoms with van der Waals surface area (Å²) in [6.45, 7) is 0. The van der Waals surface area contributed by atoms with Crippen LogP contribution in [0.15, 0.2) is 255 Å². The first-order chi connectivity index (χ1) is 35.6. The molecule has 0 amide bonds. The zero-order valence-electron chi connectivity index (χ0n) is 39.0. The van der Waals surface area contributed by atoms with Gasteiger partial charge >= 0.3 is 0 Å². The van der Waals surface area contributed by atoms with Gasteiger partial charge in [-0.25, -0.2) is 0 Å². The molecule has 0 saturated heterocycles. The molecule has 334 valence electrons. The molecule has 4 heteroatoms. The van der Waals surface area contributed by atoms with Crippen molar-refractivity contribution in [2.75, 3.05) is 9.80 Å². The van der Waals surface area contributed by atoms with Gasteiger partial charge in [0.1, 0.15) is 0 Å². The Labute approximate surface area is 417 Å². The minimum atomic E-state index is 0.628. The van der Waals surface area contributed by atoms with Gasteiger partial charge in [0, 0.05) is 33.5 Å². The lowest BCUT2D eigenvalue weighted by Crippen LogP contribution is -2.10. The molecule has 0 spiro atoms. The van der Waals surface area contributed by atoms with Crippen molar-refractivity contribution in [1.29, 1.82) is 10.5 Å². The van der Waals surface area contributed by atoms with Crippen molar-refractivity contribution in [2.45, 2.75) is 0 Å². The predicted octanol–water partition coefficient (Wildman–Crippen LogP) is 18.6. The number of anilines is 6. The molecule has 0 fully saturated rings. The topological polar surface area (TPSA) is 54.1 Å². The summed E-state index contributed by atoms with van der Waals surface area (Å²) in [5, 5.41) is 33.6. The summed E-state index contributed by atoms with van der Waals surface area (Å²) in [6, 6.07) is 94.8. The second-order valence-electron chi connectivity index (χ2n) is 18.3. The van der Waals surface area contributed by atoms with Crippen LogP contribution in [0.5, 0.6) is 0 Å². The lowest BCUT2D eigenvalue weighted by atomic mass is 9.86. The molecule has 0 aromatic heterocycles. The van der Waals surface area contributed by atoms with Gasteiger partial charge in [0.25, 0.3) is 0 Å². The molecule has 4 nitrogen and oxygen atoms in total. The van der Waals surface area contributed by atoms with Gasteiger partial charge in [-0.1, -0.05) is 158 Å². The van der Waals surface area contributed by atoms with Gasteiger partial charge in [-0.2, -0.15) is 10.5 Å². The summed E-state index contributed by atoms with van der Waals surface area (Å²) in [5.74, 6) is 0. The van der Waals surface area contributed by atoms with Crippen LogP contribution in [0.4, 0.5) is 34.1 Å².